The highest BCUT2D eigenvalue weighted by Gasteiger charge is 2.51. The molecule has 0 bridgehead atoms. The predicted molar refractivity (Wildman–Crippen MR) is 124 cm³/mol. The molecule has 2 aliphatic rings. The lowest BCUT2D eigenvalue weighted by molar-refractivity contribution is -0.134. The van der Waals surface area contributed by atoms with Crippen molar-refractivity contribution in [1.29, 1.82) is 0 Å². The summed E-state index contributed by atoms with van der Waals surface area (Å²) in [6.07, 6.45) is 2.23. The van der Waals surface area contributed by atoms with E-state index in [2.05, 4.69) is 27.7 Å². The van der Waals surface area contributed by atoms with Crippen LogP contribution in [0.15, 0.2) is 54.6 Å². The van der Waals surface area contributed by atoms with Gasteiger partial charge in [0.2, 0.25) is 5.91 Å². The van der Waals surface area contributed by atoms with Gasteiger partial charge in [0.15, 0.2) is 5.11 Å². The van der Waals surface area contributed by atoms with Crippen molar-refractivity contribution in [3.8, 4) is 0 Å². The molecule has 1 amide bonds. The minimum absolute atomic E-state index is 0.107. The van der Waals surface area contributed by atoms with Crippen LogP contribution < -0.4 is 10.6 Å². The van der Waals surface area contributed by atoms with Crippen molar-refractivity contribution in [3.63, 3.8) is 0 Å². The summed E-state index contributed by atoms with van der Waals surface area (Å²) in [5, 5.41) is 7.68. The average molecular weight is 441 g/mol. The summed E-state index contributed by atoms with van der Waals surface area (Å²) in [6.45, 7) is 4.86. The lowest BCUT2D eigenvalue weighted by Crippen LogP contribution is -2.60. The summed E-state index contributed by atoms with van der Waals surface area (Å²) in [4.78, 5) is 17.7. The Morgan fingerprint density at radius 1 is 1.13 bits per heavy atom. The second-order valence-electron chi connectivity index (χ2n) is 8.29. The zero-order valence-corrected chi connectivity index (χ0v) is 18.6. The molecule has 0 aromatic heterocycles. The van der Waals surface area contributed by atoms with Crippen LogP contribution in [0, 0.1) is 5.82 Å². The van der Waals surface area contributed by atoms with Gasteiger partial charge in [-0.05, 0) is 48.8 Å². The Labute approximate surface area is 188 Å². The van der Waals surface area contributed by atoms with Crippen LogP contribution in [-0.4, -0.2) is 52.2 Å². The Hall–Kier alpha value is -2.51. The number of piperidine rings is 1. The Balaban J connectivity index is 1.55. The van der Waals surface area contributed by atoms with Gasteiger partial charge in [0, 0.05) is 39.0 Å². The van der Waals surface area contributed by atoms with Gasteiger partial charge in [-0.25, -0.2) is 4.39 Å². The van der Waals surface area contributed by atoms with Gasteiger partial charge in [-0.1, -0.05) is 42.5 Å². The molecule has 2 fully saturated rings. The van der Waals surface area contributed by atoms with Crippen LogP contribution in [0.2, 0.25) is 0 Å². The molecular weight excluding hydrogens is 411 g/mol. The van der Waals surface area contributed by atoms with Crippen molar-refractivity contribution in [3.05, 3.63) is 71.5 Å². The number of hydrogen-bond acceptors (Lipinski definition) is 3. The van der Waals surface area contributed by atoms with Crippen molar-refractivity contribution >= 4 is 23.2 Å². The van der Waals surface area contributed by atoms with Crippen LogP contribution in [0.5, 0.6) is 0 Å². The molecule has 2 N–H and O–H groups in total. The Morgan fingerprint density at radius 2 is 1.81 bits per heavy atom. The second kappa shape index (κ2) is 9.32. The number of halogens is 1. The molecule has 164 valence electrons. The van der Waals surface area contributed by atoms with E-state index in [1.807, 2.05) is 30.0 Å². The first kappa shape index (κ1) is 21.7. The van der Waals surface area contributed by atoms with Crippen molar-refractivity contribution in [1.82, 2.24) is 20.4 Å². The van der Waals surface area contributed by atoms with Gasteiger partial charge in [0.1, 0.15) is 5.82 Å². The molecule has 0 radical (unpaired) electrons. The van der Waals surface area contributed by atoms with E-state index in [1.165, 1.54) is 12.1 Å². The molecule has 2 aromatic carbocycles. The average Bonchev–Trinajstić information content (AvgIpc) is 3.02. The van der Waals surface area contributed by atoms with Crippen molar-refractivity contribution < 1.29 is 9.18 Å². The van der Waals surface area contributed by atoms with Crippen molar-refractivity contribution in [2.75, 3.05) is 19.6 Å². The maximum Gasteiger partial charge on any atom is 0.241 e. The Bertz CT molecular complexity index is 913. The molecule has 1 spiro atoms. The van der Waals surface area contributed by atoms with E-state index < -0.39 is 5.66 Å². The van der Waals surface area contributed by atoms with E-state index in [4.69, 9.17) is 12.2 Å². The van der Waals surface area contributed by atoms with Crippen LogP contribution in [0.1, 0.15) is 30.9 Å². The number of benzene rings is 2. The smallest absolute Gasteiger partial charge is 0.241 e. The number of carbonyl (C=O) groups is 1. The summed E-state index contributed by atoms with van der Waals surface area (Å²) in [5.74, 6) is -0.160. The van der Waals surface area contributed by atoms with Gasteiger partial charge in [-0.15, -0.1) is 0 Å². The zero-order chi connectivity index (χ0) is 21.8. The Morgan fingerprint density at radius 3 is 2.45 bits per heavy atom. The van der Waals surface area contributed by atoms with Gasteiger partial charge < -0.3 is 15.1 Å². The summed E-state index contributed by atoms with van der Waals surface area (Å²) in [6, 6.07) is 16.3. The largest absolute Gasteiger partial charge is 0.363 e. The van der Waals surface area contributed by atoms with Crippen LogP contribution in [0.4, 0.5) is 4.39 Å². The molecule has 31 heavy (non-hydrogen) atoms. The van der Waals surface area contributed by atoms with Crippen LogP contribution in [-0.2, 0) is 17.8 Å². The fourth-order valence-electron chi connectivity index (χ4n) is 4.61. The first-order valence-electron chi connectivity index (χ1n) is 10.9. The second-order valence-corrected chi connectivity index (χ2v) is 8.68. The fraction of sp³-hybridized carbons (Fsp3) is 0.417. The number of rotatable bonds is 5. The topological polar surface area (TPSA) is 47.6 Å². The molecular formula is C24H29FN4OS. The number of likely N-dealkylation sites (tertiary alicyclic amines) is 1. The maximum absolute atomic E-state index is 13.5. The quantitative estimate of drug-likeness (QED) is 0.700. The summed E-state index contributed by atoms with van der Waals surface area (Å²) in [7, 11) is 0. The molecule has 5 nitrogen and oxygen atoms in total. The number of amides is 1. The number of nitrogens with zero attached hydrogens (tertiary/aromatic N) is 2. The highest BCUT2D eigenvalue weighted by atomic mass is 32.1. The third-order valence-electron chi connectivity index (χ3n) is 6.27. The van der Waals surface area contributed by atoms with Gasteiger partial charge in [0.25, 0.3) is 0 Å². The zero-order valence-electron chi connectivity index (χ0n) is 17.8. The molecule has 7 heteroatoms. The molecule has 0 aliphatic carbocycles. The number of nitrogens with one attached hydrogen (secondary N) is 2. The van der Waals surface area contributed by atoms with Gasteiger partial charge in [-0.3, -0.25) is 10.1 Å². The first-order valence-corrected chi connectivity index (χ1v) is 11.3. The fourth-order valence-corrected chi connectivity index (χ4v) is 4.94. The van der Waals surface area contributed by atoms with E-state index in [9.17, 15) is 9.18 Å². The molecule has 2 saturated heterocycles. The molecule has 2 heterocycles. The SMILES string of the molecule is CCNC(=S)N1CCC2(CC1)NC(Cc1ccccc1)C(=O)N2Cc1ccc(F)cc1. The van der Waals surface area contributed by atoms with E-state index in [-0.39, 0.29) is 17.8 Å². The highest BCUT2D eigenvalue weighted by Crippen LogP contribution is 2.34. The van der Waals surface area contributed by atoms with E-state index in [1.54, 1.807) is 12.1 Å². The summed E-state index contributed by atoms with van der Waals surface area (Å²) in [5.41, 5.74) is 1.66. The van der Waals surface area contributed by atoms with Crippen LogP contribution >= 0.6 is 12.2 Å². The minimum Gasteiger partial charge on any atom is -0.363 e. The maximum atomic E-state index is 13.5. The van der Waals surface area contributed by atoms with E-state index >= 15 is 0 Å². The predicted octanol–water partition coefficient (Wildman–Crippen LogP) is 3.06. The van der Waals surface area contributed by atoms with Gasteiger partial charge in [0.05, 0.1) is 11.7 Å². The number of hydrogen-bond donors (Lipinski definition) is 2. The van der Waals surface area contributed by atoms with Crippen molar-refractivity contribution in [2.24, 2.45) is 0 Å². The van der Waals surface area contributed by atoms with Crippen molar-refractivity contribution in [2.45, 2.75) is 44.4 Å². The van der Waals surface area contributed by atoms with E-state index in [0.717, 1.165) is 48.7 Å². The molecule has 0 saturated carbocycles. The number of carbonyl (C=O) groups excluding carboxylic acids is 1. The van der Waals surface area contributed by atoms with Crippen LogP contribution in [0.25, 0.3) is 0 Å². The number of thiocarbonyl (C=S) groups is 1. The van der Waals surface area contributed by atoms with Gasteiger partial charge in [-0.2, -0.15) is 0 Å². The molecule has 2 aromatic rings. The lowest BCUT2D eigenvalue weighted by atomic mass is 9.95. The third-order valence-corrected chi connectivity index (χ3v) is 6.67. The first-order chi connectivity index (χ1) is 15.0. The summed E-state index contributed by atoms with van der Waals surface area (Å²) < 4.78 is 13.4. The normalized spacial score (nSPS) is 20.3. The van der Waals surface area contributed by atoms with E-state index in [0.29, 0.717) is 13.0 Å². The molecule has 1 atom stereocenters. The Kier molecular flexibility index (Phi) is 6.53. The monoisotopic (exact) mass is 440 g/mol. The highest BCUT2D eigenvalue weighted by molar-refractivity contribution is 7.80. The van der Waals surface area contributed by atoms with Gasteiger partial charge >= 0.3 is 0 Å². The molecule has 1 unspecified atom stereocenters. The third kappa shape index (κ3) is 4.72. The van der Waals surface area contributed by atoms with Crippen LogP contribution in [0.3, 0.4) is 0 Å². The molecule has 4 rings (SSSR count). The minimum atomic E-state index is -0.413. The standard InChI is InChI=1S/C24H29FN4OS/c1-2-26-23(31)28-14-12-24(13-15-28)27-21(16-18-6-4-3-5-7-18)22(30)29(24)17-19-8-10-20(25)11-9-19/h3-11,21,27H,2,12-17H2,1H3,(H,26,31). The molecule has 2 aliphatic heterocycles. The summed E-state index contributed by atoms with van der Waals surface area (Å²) >= 11 is 5.49. The lowest BCUT2D eigenvalue weighted by Gasteiger charge is -2.45.